The molecule has 1 rings (SSSR count). The summed E-state index contributed by atoms with van der Waals surface area (Å²) in [5.74, 6) is 1.02. The van der Waals surface area contributed by atoms with Crippen molar-refractivity contribution in [2.45, 2.75) is 58.3 Å². The fourth-order valence-electron chi connectivity index (χ4n) is 2.12. The Kier molecular flexibility index (Phi) is 9.99. The van der Waals surface area contributed by atoms with Gasteiger partial charge in [-0.2, -0.15) is 0 Å². The molecule has 1 fully saturated rings. The molecule has 0 radical (unpaired) electrons. The van der Waals surface area contributed by atoms with E-state index in [4.69, 9.17) is 8.61 Å². The molecule has 0 saturated carbocycles. The van der Waals surface area contributed by atoms with E-state index in [-0.39, 0.29) is 12.4 Å². The topological polar surface area (TPSA) is 71.7 Å². The van der Waals surface area contributed by atoms with E-state index in [1.165, 1.54) is 11.8 Å². The molecule has 1 aliphatic heterocycles. The van der Waals surface area contributed by atoms with Gasteiger partial charge in [-0.05, 0) is 31.0 Å². The summed E-state index contributed by atoms with van der Waals surface area (Å²) in [6.07, 6.45) is 6.43. The molecular weight excluding hydrogens is 324 g/mol. The number of thioether (sulfide) groups is 1. The number of hydrogen-bond donors (Lipinski definition) is 0. The molecule has 0 aromatic rings. The van der Waals surface area contributed by atoms with Crippen molar-refractivity contribution in [2.24, 2.45) is 0 Å². The van der Waals surface area contributed by atoms with Crippen LogP contribution >= 0.6 is 11.8 Å². The molecule has 1 aliphatic rings. The van der Waals surface area contributed by atoms with Gasteiger partial charge in [0.05, 0.1) is 6.61 Å². The van der Waals surface area contributed by atoms with E-state index in [1.54, 1.807) is 0 Å². The van der Waals surface area contributed by atoms with Crippen LogP contribution in [0.2, 0.25) is 0 Å². The summed E-state index contributed by atoms with van der Waals surface area (Å²) in [5, 5.41) is 0.428. The predicted molar refractivity (Wildman–Crippen MR) is 89.7 cm³/mol. The van der Waals surface area contributed by atoms with Gasteiger partial charge in [-0.3, -0.25) is 4.79 Å². The Morgan fingerprint density at radius 1 is 1.18 bits per heavy atom. The van der Waals surface area contributed by atoms with Crippen LogP contribution in [0.25, 0.3) is 0 Å². The Hall–Kier alpha value is -0.400. The molecule has 0 aromatic carbocycles. The van der Waals surface area contributed by atoms with Gasteiger partial charge in [-0.15, -0.1) is 12.3 Å². The van der Waals surface area contributed by atoms with Gasteiger partial charge >= 0.3 is 15.2 Å². The van der Waals surface area contributed by atoms with E-state index in [0.717, 1.165) is 37.9 Å². The van der Waals surface area contributed by atoms with Crippen LogP contribution in [-0.2, 0) is 23.5 Å². The number of ether oxygens (including phenoxy) is 1. The molecule has 0 N–H and O–H groups in total. The normalized spacial score (nSPS) is 17.8. The molecular formula is C15H27O5S2+. The second-order valence-corrected chi connectivity index (χ2v) is 8.27. The van der Waals surface area contributed by atoms with Crippen LogP contribution < -0.4 is 0 Å². The van der Waals surface area contributed by atoms with Crippen LogP contribution in [0.3, 0.4) is 0 Å². The van der Waals surface area contributed by atoms with Gasteiger partial charge in [0, 0.05) is 18.6 Å². The summed E-state index contributed by atoms with van der Waals surface area (Å²) in [4.78, 5) is 11.6. The zero-order chi connectivity index (χ0) is 16.3. The zero-order valence-electron chi connectivity index (χ0n) is 13.3. The lowest BCUT2D eigenvalue weighted by atomic mass is 10.1. The lowest BCUT2D eigenvalue weighted by molar-refractivity contribution is -0.267. The van der Waals surface area contributed by atoms with Crippen LogP contribution in [0.4, 0.5) is 0 Å². The molecule has 128 valence electrons. The minimum Gasteiger partial charge on any atom is -0.366 e. The van der Waals surface area contributed by atoms with Crippen LogP contribution in [0, 0.1) is 0 Å². The maximum absolute atomic E-state index is 11.8. The number of hydrogen-bond acceptors (Lipinski definition) is 5. The Morgan fingerprint density at radius 3 is 2.55 bits per heavy atom. The minimum atomic E-state index is -3.52. The largest absolute Gasteiger partial charge is 0.496 e. The second kappa shape index (κ2) is 11.2. The standard InChI is InChI=1S/C15H27O5S2/c1-2-3-5-8-14(16)9-6-4-7-12-22(17,18)20-15-13-19-10-11-21-15/h2-13H2,1H3/q+1. The molecule has 1 heterocycles. The van der Waals surface area contributed by atoms with E-state index in [0.29, 0.717) is 36.8 Å². The first-order valence-electron chi connectivity index (χ1n) is 8.03. The molecule has 22 heavy (non-hydrogen) atoms. The van der Waals surface area contributed by atoms with Crippen LogP contribution in [-0.4, -0.2) is 44.0 Å². The molecule has 5 nitrogen and oxygen atoms in total. The Morgan fingerprint density at radius 2 is 1.91 bits per heavy atom. The highest BCUT2D eigenvalue weighted by molar-refractivity contribution is 8.14. The van der Waals surface area contributed by atoms with Crippen molar-refractivity contribution in [3.05, 3.63) is 0 Å². The molecule has 0 bridgehead atoms. The van der Waals surface area contributed by atoms with Crippen molar-refractivity contribution in [3.8, 4) is 0 Å². The number of unbranched alkanes of at least 4 members (excludes halogenated alkanes) is 4. The maximum Gasteiger partial charge on any atom is 0.496 e. The first-order chi connectivity index (χ1) is 10.5. The quantitative estimate of drug-likeness (QED) is 0.423. The van der Waals surface area contributed by atoms with Gasteiger partial charge in [0.1, 0.15) is 11.5 Å². The van der Waals surface area contributed by atoms with Gasteiger partial charge in [0.25, 0.3) is 0 Å². The Labute approximate surface area is 138 Å². The second-order valence-electron chi connectivity index (χ2n) is 5.42. The Bertz CT molecular complexity index is 449. The first kappa shape index (κ1) is 19.6. The maximum atomic E-state index is 11.8. The fourth-order valence-corrected chi connectivity index (χ4v) is 4.19. The third-order valence-electron chi connectivity index (χ3n) is 3.34. The molecule has 0 atom stereocenters. The monoisotopic (exact) mass is 351 g/mol. The number of Topliss-reactive ketones (excluding diaryl/α,β-unsaturated/α-hetero) is 1. The average Bonchev–Trinajstić information content (AvgIpc) is 2.47. The van der Waals surface area contributed by atoms with E-state index < -0.39 is 10.1 Å². The minimum absolute atomic E-state index is 0.00108. The molecule has 0 aliphatic carbocycles. The number of rotatable bonds is 11. The SMILES string of the molecule is CCCCCC(=O)CCCCCS(=O)(=O)[O+]=C1COCCS1. The first-order valence-corrected chi connectivity index (χ1v) is 10.6. The summed E-state index contributed by atoms with van der Waals surface area (Å²) in [6.45, 7) is 2.99. The summed E-state index contributed by atoms with van der Waals surface area (Å²) in [5.41, 5.74) is 0. The van der Waals surface area contributed by atoms with Crippen molar-refractivity contribution in [3.63, 3.8) is 0 Å². The van der Waals surface area contributed by atoms with Crippen molar-refractivity contribution in [1.29, 1.82) is 0 Å². The summed E-state index contributed by atoms with van der Waals surface area (Å²) >= 11 is 1.39. The summed E-state index contributed by atoms with van der Waals surface area (Å²) in [7, 11) is -3.52. The molecule has 1 saturated heterocycles. The van der Waals surface area contributed by atoms with Crippen LogP contribution in [0.15, 0.2) is 0 Å². The third kappa shape index (κ3) is 9.58. The molecule has 0 amide bonds. The van der Waals surface area contributed by atoms with E-state index in [9.17, 15) is 13.2 Å². The highest BCUT2D eigenvalue weighted by atomic mass is 32.2. The Balaban J connectivity index is 2.14. The van der Waals surface area contributed by atoms with Gasteiger partial charge in [-0.25, -0.2) is 0 Å². The molecule has 0 aromatic heterocycles. The van der Waals surface area contributed by atoms with E-state index >= 15 is 0 Å². The number of ketones is 1. The third-order valence-corrected chi connectivity index (χ3v) is 5.58. The van der Waals surface area contributed by atoms with E-state index in [1.807, 2.05) is 0 Å². The summed E-state index contributed by atoms with van der Waals surface area (Å²) in [6, 6.07) is 0. The highest BCUT2D eigenvalue weighted by Gasteiger charge is 2.27. The fraction of sp³-hybridized carbons (Fsp3) is 0.867. The van der Waals surface area contributed by atoms with Crippen LogP contribution in [0.1, 0.15) is 58.3 Å². The average molecular weight is 352 g/mol. The molecule has 0 spiro atoms. The van der Waals surface area contributed by atoms with Crippen molar-refractivity contribution < 1.29 is 21.8 Å². The zero-order valence-corrected chi connectivity index (χ0v) is 15.0. The van der Waals surface area contributed by atoms with Gasteiger partial charge < -0.3 is 4.74 Å². The summed E-state index contributed by atoms with van der Waals surface area (Å²) < 4.78 is 33.8. The lowest BCUT2D eigenvalue weighted by Crippen LogP contribution is -2.20. The number of carbonyl (C=O) groups is 1. The van der Waals surface area contributed by atoms with Gasteiger partial charge in [-0.1, -0.05) is 26.2 Å². The van der Waals surface area contributed by atoms with Crippen molar-refractivity contribution in [2.75, 3.05) is 24.7 Å². The highest BCUT2D eigenvalue weighted by Crippen LogP contribution is 2.11. The molecule has 0 unspecified atom stereocenters. The molecule has 7 heteroatoms. The van der Waals surface area contributed by atoms with E-state index in [2.05, 4.69) is 6.92 Å². The lowest BCUT2D eigenvalue weighted by Gasteiger charge is -2.04. The van der Waals surface area contributed by atoms with Crippen LogP contribution in [0.5, 0.6) is 0 Å². The number of carbonyl (C=O) groups excluding carboxylic acids is 2. The van der Waals surface area contributed by atoms with Gasteiger partial charge in [0.2, 0.25) is 0 Å². The van der Waals surface area contributed by atoms with Crippen molar-refractivity contribution in [1.82, 2.24) is 0 Å². The predicted octanol–water partition coefficient (Wildman–Crippen LogP) is 2.85. The smallest absolute Gasteiger partial charge is 0.366 e. The van der Waals surface area contributed by atoms with Gasteiger partial charge in [0.15, 0.2) is 6.61 Å². The van der Waals surface area contributed by atoms with Crippen molar-refractivity contribution >= 4 is 32.8 Å².